The van der Waals surface area contributed by atoms with Crippen LogP contribution in [0.4, 0.5) is 0 Å². The van der Waals surface area contributed by atoms with E-state index in [9.17, 15) is 0 Å². The summed E-state index contributed by atoms with van der Waals surface area (Å²) in [7, 11) is 2.27. The van der Waals surface area contributed by atoms with Gasteiger partial charge in [0.2, 0.25) is 0 Å². The zero-order valence-corrected chi connectivity index (χ0v) is 11.6. The van der Waals surface area contributed by atoms with Crippen LogP contribution in [0.2, 0.25) is 0 Å². The maximum Gasteiger partial charge on any atom is 0.0300 e. The van der Waals surface area contributed by atoms with Gasteiger partial charge in [0.25, 0.3) is 0 Å². The summed E-state index contributed by atoms with van der Waals surface area (Å²) in [4.78, 5) is 2.52. The highest BCUT2D eigenvalue weighted by Gasteiger charge is 2.21. The lowest BCUT2D eigenvalue weighted by Crippen LogP contribution is -2.38. The van der Waals surface area contributed by atoms with Crippen LogP contribution in [0, 0.1) is 5.92 Å². The molecule has 1 aliphatic heterocycles. The average Bonchev–Trinajstić information content (AvgIpc) is 2.38. The minimum atomic E-state index is 0.686. The molecule has 0 amide bonds. The van der Waals surface area contributed by atoms with Gasteiger partial charge in [-0.15, -0.1) is 0 Å². The van der Waals surface area contributed by atoms with Crippen molar-refractivity contribution in [3.8, 4) is 0 Å². The van der Waals surface area contributed by atoms with E-state index in [-0.39, 0.29) is 0 Å². The molecule has 1 aliphatic rings. The number of nitrogens with zero attached hydrogens (tertiary/aromatic N) is 1. The Morgan fingerprint density at radius 3 is 2.50 bits per heavy atom. The molecule has 0 aliphatic carbocycles. The number of allylic oxidation sites excluding steroid dienone is 1. The first-order chi connectivity index (χ1) is 7.58. The van der Waals surface area contributed by atoms with Gasteiger partial charge in [-0.05, 0) is 37.8 Å². The molecule has 1 heterocycles. The van der Waals surface area contributed by atoms with Crippen molar-refractivity contribution < 1.29 is 0 Å². The van der Waals surface area contributed by atoms with E-state index in [0.29, 0.717) is 6.04 Å². The number of likely N-dealkylation sites (N-methyl/N-ethyl adjacent to an activating group) is 1. The normalized spacial score (nSPS) is 23.5. The monoisotopic (exact) mass is 224 g/mol. The second kappa shape index (κ2) is 6.29. The van der Waals surface area contributed by atoms with Crippen LogP contribution in [0.25, 0.3) is 0 Å². The van der Waals surface area contributed by atoms with Crippen LogP contribution in [0.3, 0.4) is 0 Å². The van der Waals surface area contributed by atoms with Crippen LogP contribution in [0.1, 0.15) is 47.0 Å². The Hall–Kier alpha value is -0.500. The van der Waals surface area contributed by atoms with Crippen molar-refractivity contribution in [1.29, 1.82) is 0 Å². The largest absolute Gasteiger partial charge is 0.387 e. The molecule has 2 nitrogen and oxygen atoms in total. The van der Waals surface area contributed by atoms with Crippen molar-refractivity contribution in [2.24, 2.45) is 5.92 Å². The molecule has 0 aromatic carbocycles. The van der Waals surface area contributed by atoms with Gasteiger partial charge >= 0.3 is 0 Å². The Balaban J connectivity index is 2.69. The molecule has 0 unspecified atom stereocenters. The number of rotatable bonds is 4. The fourth-order valence-corrected chi connectivity index (χ4v) is 2.56. The van der Waals surface area contributed by atoms with Crippen LogP contribution < -0.4 is 5.32 Å². The SMILES string of the molecule is CCC1=C(CC)NC[C@@H](CC(C)C)N(C)C1. The molecule has 1 rings (SSSR count). The Morgan fingerprint density at radius 2 is 2.00 bits per heavy atom. The molecule has 1 atom stereocenters. The van der Waals surface area contributed by atoms with Crippen molar-refractivity contribution in [3.05, 3.63) is 11.3 Å². The van der Waals surface area contributed by atoms with Crippen LogP contribution in [-0.4, -0.2) is 31.1 Å². The predicted octanol–water partition coefficient (Wildman–Crippen LogP) is 3.01. The minimum absolute atomic E-state index is 0.686. The first-order valence-corrected chi connectivity index (χ1v) is 6.73. The molecule has 2 heteroatoms. The van der Waals surface area contributed by atoms with Gasteiger partial charge in [-0.25, -0.2) is 0 Å². The summed E-state index contributed by atoms with van der Waals surface area (Å²) in [5.41, 5.74) is 3.08. The summed E-state index contributed by atoms with van der Waals surface area (Å²) in [5, 5.41) is 3.66. The van der Waals surface area contributed by atoms with E-state index in [0.717, 1.165) is 25.4 Å². The molecule has 16 heavy (non-hydrogen) atoms. The molecular formula is C14H28N2. The average molecular weight is 224 g/mol. The molecule has 0 bridgehead atoms. The Kier molecular flexibility index (Phi) is 5.33. The second-order valence-corrected chi connectivity index (χ2v) is 5.37. The summed E-state index contributed by atoms with van der Waals surface area (Å²) >= 11 is 0. The van der Waals surface area contributed by atoms with Crippen molar-refractivity contribution in [2.45, 2.75) is 53.0 Å². The van der Waals surface area contributed by atoms with Gasteiger partial charge < -0.3 is 5.32 Å². The molecule has 1 N–H and O–H groups in total. The minimum Gasteiger partial charge on any atom is -0.387 e. The summed E-state index contributed by atoms with van der Waals surface area (Å²) in [6.07, 6.45) is 3.61. The van der Waals surface area contributed by atoms with Crippen LogP contribution in [0.15, 0.2) is 11.3 Å². The standard InChI is InChI=1S/C14H28N2/c1-6-12-10-16(5)13(8-11(3)4)9-15-14(12)7-2/h11,13,15H,6-10H2,1-5H3/t13-/m1/s1. The van der Waals surface area contributed by atoms with Gasteiger partial charge in [-0.3, -0.25) is 4.90 Å². The molecule has 0 spiro atoms. The lowest BCUT2D eigenvalue weighted by Gasteiger charge is -2.27. The molecular weight excluding hydrogens is 196 g/mol. The topological polar surface area (TPSA) is 15.3 Å². The van der Waals surface area contributed by atoms with Crippen molar-refractivity contribution in [3.63, 3.8) is 0 Å². The van der Waals surface area contributed by atoms with Gasteiger partial charge in [0, 0.05) is 24.8 Å². The lowest BCUT2D eigenvalue weighted by molar-refractivity contribution is 0.232. The van der Waals surface area contributed by atoms with Crippen LogP contribution in [-0.2, 0) is 0 Å². The van der Waals surface area contributed by atoms with E-state index in [1.165, 1.54) is 18.5 Å². The predicted molar refractivity (Wildman–Crippen MR) is 71.5 cm³/mol. The molecule has 0 radical (unpaired) electrons. The molecule has 0 fully saturated rings. The van der Waals surface area contributed by atoms with E-state index in [1.807, 2.05) is 0 Å². The molecule has 0 saturated heterocycles. The van der Waals surface area contributed by atoms with Crippen LogP contribution >= 0.6 is 0 Å². The van der Waals surface area contributed by atoms with Crippen LogP contribution in [0.5, 0.6) is 0 Å². The van der Waals surface area contributed by atoms with E-state index in [4.69, 9.17) is 0 Å². The Bertz CT molecular complexity index is 243. The zero-order chi connectivity index (χ0) is 12.1. The first-order valence-electron chi connectivity index (χ1n) is 6.73. The second-order valence-electron chi connectivity index (χ2n) is 5.37. The third kappa shape index (κ3) is 3.51. The Labute approximate surface area is 101 Å². The quantitative estimate of drug-likeness (QED) is 0.789. The highest BCUT2D eigenvalue weighted by Crippen LogP contribution is 2.19. The number of hydrogen-bond acceptors (Lipinski definition) is 2. The molecule has 0 aromatic heterocycles. The maximum absolute atomic E-state index is 3.66. The van der Waals surface area contributed by atoms with Gasteiger partial charge in [-0.1, -0.05) is 27.7 Å². The molecule has 0 saturated carbocycles. The summed E-state index contributed by atoms with van der Waals surface area (Å²) < 4.78 is 0. The fraction of sp³-hybridized carbons (Fsp3) is 0.857. The van der Waals surface area contributed by atoms with E-state index < -0.39 is 0 Å². The summed E-state index contributed by atoms with van der Waals surface area (Å²) in [6.45, 7) is 11.4. The Morgan fingerprint density at radius 1 is 1.31 bits per heavy atom. The van der Waals surface area contributed by atoms with Gasteiger partial charge in [-0.2, -0.15) is 0 Å². The third-order valence-corrected chi connectivity index (χ3v) is 3.57. The van der Waals surface area contributed by atoms with Gasteiger partial charge in [0.15, 0.2) is 0 Å². The van der Waals surface area contributed by atoms with Crippen molar-refractivity contribution in [1.82, 2.24) is 10.2 Å². The smallest absolute Gasteiger partial charge is 0.0300 e. The van der Waals surface area contributed by atoms with Gasteiger partial charge in [0.05, 0.1) is 0 Å². The zero-order valence-electron chi connectivity index (χ0n) is 11.6. The summed E-state index contributed by atoms with van der Waals surface area (Å²) in [5.74, 6) is 0.780. The lowest BCUT2D eigenvalue weighted by atomic mass is 10.0. The number of hydrogen-bond donors (Lipinski definition) is 1. The maximum atomic E-state index is 3.66. The van der Waals surface area contributed by atoms with E-state index in [2.05, 4.69) is 45.0 Å². The number of nitrogens with one attached hydrogen (secondary N) is 1. The molecule has 94 valence electrons. The first kappa shape index (κ1) is 13.6. The highest BCUT2D eigenvalue weighted by molar-refractivity contribution is 5.16. The third-order valence-electron chi connectivity index (χ3n) is 3.57. The van der Waals surface area contributed by atoms with E-state index in [1.54, 1.807) is 5.57 Å². The van der Waals surface area contributed by atoms with Crippen molar-refractivity contribution in [2.75, 3.05) is 20.1 Å². The summed E-state index contributed by atoms with van der Waals surface area (Å²) in [6, 6.07) is 0.686. The van der Waals surface area contributed by atoms with Gasteiger partial charge in [0.1, 0.15) is 0 Å². The molecule has 0 aromatic rings. The van der Waals surface area contributed by atoms with E-state index >= 15 is 0 Å². The highest BCUT2D eigenvalue weighted by atomic mass is 15.2. The van der Waals surface area contributed by atoms with Crippen molar-refractivity contribution >= 4 is 0 Å². The fourth-order valence-electron chi connectivity index (χ4n) is 2.56.